The predicted octanol–water partition coefficient (Wildman–Crippen LogP) is 17.0. The summed E-state index contributed by atoms with van der Waals surface area (Å²) >= 11 is 0. The Kier molecular flexibility index (Phi) is 30.2. The molecule has 4 aromatic carbocycles. The molecule has 15 rings (SSSR count). The number of carbonyl (C=O) groups excluding carboxylic acids is 4. The molecule has 4 fully saturated rings. The molecule has 12 bridgehead atoms. The molecule has 8 aromatic rings. The number of amides is 4. The molecule has 4 saturated heterocycles. The van der Waals surface area contributed by atoms with Gasteiger partial charge in [0.05, 0.1) is 68.3 Å². The van der Waals surface area contributed by atoms with Crippen molar-refractivity contribution in [2.24, 2.45) is 23.7 Å². The molecule has 11 heterocycles. The van der Waals surface area contributed by atoms with E-state index in [0.717, 1.165) is 120 Å². The van der Waals surface area contributed by atoms with Crippen molar-refractivity contribution in [3.05, 3.63) is 197 Å². The van der Waals surface area contributed by atoms with Gasteiger partial charge in [0.1, 0.15) is 40.5 Å². The van der Waals surface area contributed by atoms with Gasteiger partial charge in [-0.3, -0.25) is 19.2 Å². The lowest BCUT2D eigenvalue weighted by atomic mass is 9.91. The van der Waals surface area contributed by atoms with E-state index in [9.17, 15) is 57.2 Å². The average Bonchev–Trinajstić information content (AvgIpc) is 1.65. The van der Waals surface area contributed by atoms with Gasteiger partial charge in [-0.2, -0.15) is 4.39 Å². The second-order valence-corrected chi connectivity index (χ2v) is 49.4. The Labute approximate surface area is 785 Å². The second-order valence-electron chi connectivity index (χ2n) is 42.7. The Morgan fingerprint density at radius 2 is 0.820 bits per heavy atom. The molecule has 0 spiro atoms. The summed E-state index contributed by atoms with van der Waals surface area (Å²) in [5.74, 6) is 1.21. The van der Waals surface area contributed by atoms with Gasteiger partial charge in [0.2, 0.25) is 5.95 Å². The van der Waals surface area contributed by atoms with Gasteiger partial charge < -0.3 is 39.0 Å². The molecule has 4 unspecified atom stereocenters. The number of benzene rings is 4. The first-order chi connectivity index (χ1) is 61.9. The number of hydrogen-bond acceptors (Lipinski definition) is 24. The summed E-state index contributed by atoms with van der Waals surface area (Å²) < 4.78 is 150. The minimum absolute atomic E-state index is 0.00815. The maximum atomic E-state index is 14.4. The first kappa shape index (κ1) is 102. The molecule has 720 valence electrons. The van der Waals surface area contributed by atoms with E-state index in [1.54, 1.807) is 60.7 Å². The van der Waals surface area contributed by atoms with Crippen LogP contribution in [-0.2, 0) is 61.8 Å². The molecule has 4 aromatic heterocycles. The monoisotopic (exact) mass is 1900 g/mol. The SMILES string of the molecule is CC(C)(C)c1ccc2c(n1)N1CC(CCCOc3cccc(c3)S(=O)(=O)NC2=O)CC1(C)C.CC(C)(C)c1ccc2c(n1)N1CC(CCCOc3cccc(c3)S(=O)(=O)NC2=O)CC1(C)C.CC(C)(C)c1ccc2c(n1)N1CC(CCCOc3cccc(c3)S(=O)(=O)NC2=O)CC1(C)C.CC1(C)CC(CCCOc2cccc(S(=O)(=O)NC(=O)c3ccc(C(C)(C)C)nc3F)c2)CN1. The van der Waals surface area contributed by atoms with Crippen LogP contribution in [-0.4, -0.2) is 152 Å². The third-order valence-electron chi connectivity index (χ3n) is 25.3. The molecule has 7 aliphatic rings. The van der Waals surface area contributed by atoms with E-state index in [-0.39, 0.29) is 74.7 Å². The highest BCUT2D eigenvalue weighted by molar-refractivity contribution is 7.91. The van der Waals surface area contributed by atoms with Crippen molar-refractivity contribution >= 4 is 81.2 Å². The number of hydrogen-bond donors (Lipinski definition) is 5. The van der Waals surface area contributed by atoms with Crippen LogP contribution in [0.4, 0.5) is 21.8 Å². The number of fused-ring (bicyclic) bond motifs is 18. The van der Waals surface area contributed by atoms with Gasteiger partial charge in [0, 0.05) is 110 Å². The quantitative estimate of drug-likeness (QED) is 0.0697. The summed E-state index contributed by atoms with van der Waals surface area (Å²) in [5, 5.41) is 3.50. The van der Waals surface area contributed by atoms with Gasteiger partial charge >= 0.3 is 0 Å². The number of aromatic nitrogens is 4. The van der Waals surface area contributed by atoms with E-state index in [4.69, 9.17) is 33.9 Å². The number of halogens is 1. The van der Waals surface area contributed by atoms with Crippen LogP contribution in [0.3, 0.4) is 0 Å². The highest BCUT2D eigenvalue weighted by Gasteiger charge is 2.46. The van der Waals surface area contributed by atoms with Gasteiger partial charge in [0.25, 0.3) is 63.7 Å². The first-order valence-electron chi connectivity index (χ1n) is 45.9. The highest BCUT2D eigenvalue weighted by Crippen LogP contribution is 2.45. The smallest absolute Gasteiger partial charge is 0.269 e. The molecule has 7 aliphatic heterocycles. The first-order valence-corrected chi connectivity index (χ1v) is 51.8. The van der Waals surface area contributed by atoms with Crippen molar-refractivity contribution in [2.45, 2.75) is 279 Å². The Morgan fingerprint density at radius 1 is 0.474 bits per heavy atom. The zero-order chi connectivity index (χ0) is 97.2. The fourth-order valence-electron chi connectivity index (χ4n) is 18.2. The van der Waals surface area contributed by atoms with E-state index < -0.39 is 80.6 Å². The third kappa shape index (κ3) is 25.4. The minimum Gasteiger partial charge on any atom is -0.494 e. The van der Waals surface area contributed by atoms with Crippen LogP contribution in [0.2, 0.25) is 0 Å². The average molecular weight is 1910 g/mol. The Bertz CT molecular complexity index is 5680. The van der Waals surface area contributed by atoms with Crippen LogP contribution >= 0.6 is 0 Å². The Balaban J connectivity index is 0.000000160. The van der Waals surface area contributed by atoms with Crippen molar-refractivity contribution in [3.8, 4) is 23.0 Å². The zero-order valence-electron chi connectivity index (χ0n) is 80.5. The Hall–Kier alpha value is -10.4. The second kappa shape index (κ2) is 39.5. The van der Waals surface area contributed by atoms with Gasteiger partial charge in [-0.1, -0.05) is 107 Å². The molecule has 4 amide bonds. The maximum absolute atomic E-state index is 14.4. The summed E-state index contributed by atoms with van der Waals surface area (Å²) in [7, 11) is -16.5. The van der Waals surface area contributed by atoms with Crippen LogP contribution in [0.15, 0.2) is 165 Å². The van der Waals surface area contributed by atoms with Gasteiger partial charge in [0.15, 0.2) is 0 Å². The van der Waals surface area contributed by atoms with E-state index in [2.05, 4.69) is 157 Å². The van der Waals surface area contributed by atoms with E-state index >= 15 is 0 Å². The van der Waals surface area contributed by atoms with E-state index in [1.165, 1.54) is 66.7 Å². The standard InChI is InChI=1S/C25H34FN3O4S.3C25H33N3O4S/c1-24(2,3)21-12-11-20(22(26)28-21)23(30)29-34(31,32)19-10-6-9-18(14-19)33-13-7-8-17-15-25(4,5)27-16-17;3*1-24(2,3)21-12-11-20-22(26-21)28-16-17(15-25(28,4)5)8-7-13-32-18-9-6-10-19(14-18)33(30,31)27-23(20)29/h6,9-12,14,17,27H,7-8,13,15-16H2,1-5H3,(H,29,30);3*6,9-12,14,17H,7-8,13,15-16H2,1-5H3,(H,27,29). The normalized spacial score (nSPS) is 21.3. The zero-order valence-corrected chi connectivity index (χ0v) is 83.7. The molecule has 0 aliphatic carbocycles. The maximum Gasteiger partial charge on any atom is 0.269 e. The van der Waals surface area contributed by atoms with Gasteiger partial charge in [-0.25, -0.2) is 72.5 Å². The number of nitrogens with one attached hydrogen (secondary N) is 5. The lowest BCUT2D eigenvalue weighted by Crippen LogP contribution is -2.41. The molecule has 4 atom stereocenters. The molecule has 33 heteroatoms. The molecule has 0 radical (unpaired) electrons. The number of anilines is 3. The van der Waals surface area contributed by atoms with Crippen LogP contribution < -0.4 is 57.9 Å². The summed E-state index contributed by atoms with van der Waals surface area (Å²) in [4.78, 5) is 77.3. The van der Waals surface area contributed by atoms with Crippen LogP contribution in [0, 0.1) is 29.6 Å². The molecule has 5 N–H and O–H groups in total. The van der Waals surface area contributed by atoms with E-state index in [1.807, 2.05) is 43.7 Å². The predicted molar refractivity (Wildman–Crippen MR) is 514 cm³/mol. The number of ether oxygens (including phenoxy) is 4. The Morgan fingerprint density at radius 3 is 1.16 bits per heavy atom. The minimum atomic E-state index is -4.22. The lowest BCUT2D eigenvalue weighted by molar-refractivity contribution is 0.0968. The number of nitrogens with zero attached hydrogens (tertiary/aromatic N) is 7. The van der Waals surface area contributed by atoms with Gasteiger partial charge in [-0.15, -0.1) is 0 Å². The number of sulfonamides is 4. The summed E-state index contributed by atoms with van der Waals surface area (Å²) in [6, 6.07) is 38.0. The van der Waals surface area contributed by atoms with Crippen LogP contribution in [0.1, 0.15) is 280 Å². The van der Waals surface area contributed by atoms with Crippen molar-refractivity contribution in [2.75, 3.05) is 67.3 Å². The van der Waals surface area contributed by atoms with Gasteiger partial charge in [-0.05, 0) is 260 Å². The number of carbonyl (C=O) groups is 4. The van der Waals surface area contributed by atoms with Crippen molar-refractivity contribution in [1.29, 1.82) is 0 Å². The van der Waals surface area contributed by atoms with Crippen LogP contribution in [0.5, 0.6) is 23.0 Å². The fraction of sp³-hybridized carbons (Fsp3) is 0.520. The number of pyridine rings is 4. The largest absolute Gasteiger partial charge is 0.494 e. The summed E-state index contributed by atoms with van der Waals surface area (Å²) in [6.07, 6.45) is 11.4. The summed E-state index contributed by atoms with van der Waals surface area (Å²) in [5.41, 5.74) is 1.86. The molecular weight excluding hydrogens is 1770 g/mol. The summed E-state index contributed by atoms with van der Waals surface area (Å²) in [6.45, 7) is 46.8. The molecule has 28 nitrogen and oxygen atoms in total. The highest BCUT2D eigenvalue weighted by atomic mass is 32.2. The topological polar surface area (TPSA) is 363 Å². The fourth-order valence-corrected chi connectivity index (χ4v) is 22.2. The number of rotatable bonds is 8. The van der Waals surface area contributed by atoms with Crippen molar-refractivity contribution < 1.29 is 76.2 Å². The van der Waals surface area contributed by atoms with Crippen molar-refractivity contribution in [3.63, 3.8) is 0 Å². The third-order valence-corrected chi connectivity index (χ3v) is 30.6. The molecule has 0 saturated carbocycles. The van der Waals surface area contributed by atoms with Crippen molar-refractivity contribution in [1.82, 2.24) is 44.1 Å². The molecule has 133 heavy (non-hydrogen) atoms. The van der Waals surface area contributed by atoms with Crippen LogP contribution in [0.25, 0.3) is 0 Å². The van der Waals surface area contributed by atoms with E-state index in [0.29, 0.717) is 96.2 Å². The lowest BCUT2D eigenvalue weighted by Gasteiger charge is -2.34. The molecular formula is C100H133FN12O16S4.